The van der Waals surface area contributed by atoms with E-state index in [0.717, 1.165) is 0 Å². The normalized spacial score (nSPS) is 10.6. The molecule has 0 aliphatic carbocycles. The first-order chi connectivity index (χ1) is 9.62. The molecular formula is C14H21NO5. The number of hydrogen-bond donors (Lipinski definition) is 1. The molecule has 6 heteroatoms. The van der Waals surface area contributed by atoms with Gasteiger partial charge in [-0.15, -0.1) is 0 Å². The predicted molar refractivity (Wildman–Crippen MR) is 74.0 cm³/mol. The van der Waals surface area contributed by atoms with Crippen molar-refractivity contribution in [2.75, 3.05) is 26.9 Å². The Hall–Kier alpha value is -1.79. The van der Waals surface area contributed by atoms with E-state index in [1.54, 1.807) is 12.1 Å². The third-order valence-corrected chi connectivity index (χ3v) is 2.53. The van der Waals surface area contributed by atoms with Gasteiger partial charge in [0.05, 0.1) is 7.11 Å². The summed E-state index contributed by atoms with van der Waals surface area (Å²) >= 11 is 0. The molecule has 0 fully saturated rings. The van der Waals surface area contributed by atoms with Crippen molar-refractivity contribution in [3.63, 3.8) is 0 Å². The van der Waals surface area contributed by atoms with Crippen LogP contribution in [-0.4, -0.2) is 39.1 Å². The molecule has 112 valence electrons. The SMILES string of the molecule is CCOC(COc1ccc(C(N)=O)cc1OC)OCC. The van der Waals surface area contributed by atoms with Crippen LogP contribution in [0, 0.1) is 0 Å². The summed E-state index contributed by atoms with van der Waals surface area (Å²) in [5.41, 5.74) is 5.57. The Kier molecular flexibility index (Phi) is 6.83. The molecule has 1 aromatic carbocycles. The number of amides is 1. The lowest BCUT2D eigenvalue weighted by Crippen LogP contribution is -2.25. The van der Waals surface area contributed by atoms with Gasteiger partial charge in [-0.05, 0) is 32.0 Å². The van der Waals surface area contributed by atoms with E-state index in [0.29, 0.717) is 30.3 Å². The van der Waals surface area contributed by atoms with Crippen LogP contribution >= 0.6 is 0 Å². The van der Waals surface area contributed by atoms with Crippen LogP contribution in [0.15, 0.2) is 18.2 Å². The maximum atomic E-state index is 11.1. The van der Waals surface area contributed by atoms with Crippen molar-refractivity contribution in [1.29, 1.82) is 0 Å². The molecule has 0 unspecified atom stereocenters. The van der Waals surface area contributed by atoms with Crippen LogP contribution in [0.4, 0.5) is 0 Å². The molecule has 0 aromatic heterocycles. The lowest BCUT2D eigenvalue weighted by Gasteiger charge is -2.18. The zero-order valence-corrected chi connectivity index (χ0v) is 12.0. The van der Waals surface area contributed by atoms with Gasteiger partial charge in [0.2, 0.25) is 5.91 Å². The summed E-state index contributed by atoms with van der Waals surface area (Å²) in [4.78, 5) is 11.1. The molecule has 0 atom stereocenters. The number of methoxy groups -OCH3 is 1. The van der Waals surface area contributed by atoms with Gasteiger partial charge in [-0.25, -0.2) is 0 Å². The summed E-state index contributed by atoms with van der Waals surface area (Å²) < 4.78 is 21.5. The monoisotopic (exact) mass is 283 g/mol. The molecule has 0 saturated heterocycles. The zero-order chi connectivity index (χ0) is 15.0. The third kappa shape index (κ3) is 4.71. The summed E-state index contributed by atoms with van der Waals surface area (Å²) in [6, 6.07) is 4.75. The molecular weight excluding hydrogens is 262 g/mol. The van der Waals surface area contributed by atoms with Crippen molar-refractivity contribution in [3.05, 3.63) is 23.8 Å². The predicted octanol–water partition coefficient (Wildman–Crippen LogP) is 1.57. The second kappa shape index (κ2) is 8.39. The minimum Gasteiger partial charge on any atom is -0.493 e. The molecule has 0 spiro atoms. The van der Waals surface area contributed by atoms with Gasteiger partial charge in [0.15, 0.2) is 17.8 Å². The maximum Gasteiger partial charge on any atom is 0.248 e. The Morgan fingerprint density at radius 1 is 1.20 bits per heavy atom. The molecule has 0 aliphatic rings. The lowest BCUT2D eigenvalue weighted by atomic mass is 10.2. The standard InChI is InChI=1S/C14H21NO5/c1-4-18-13(19-5-2)9-20-11-7-6-10(14(15)16)8-12(11)17-3/h6-8,13H,4-5,9H2,1-3H3,(H2,15,16). The number of nitrogens with two attached hydrogens (primary N) is 1. The van der Waals surface area contributed by atoms with Crippen molar-refractivity contribution in [2.45, 2.75) is 20.1 Å². The Morgan fingerprint density at radius 3 is 2.35 bits per heavy atom. The summed E-state index contributed by atoms with van der Waals surface area (Å²) in [6.45, 7) is 5.06. The molecule has 0 bridgehead atoms. The summed E-state index contributed by atoms with van der Waals surface area (Å²) in [5, 5.41) is 0. The van der Waals surface area contributed by atoms with Gasteiger partial charge in [0.1, 0.15) is 6.61 Å². The zero-order valence-electron chi connectivity index (χ0n) is 12.0. The summed E-state index contributed by atoms with van der Waals surface area (Å²) in [7, 11) is 1.50. The lowest BCUT2D eigenvalue weighted by molar-refractivity contribution is -0.152. The fourth-order valence-corrected chi connectivity index (χ4v) is 1.61. The average molecular weight is 283 g/mol. The first kappa shape index (κ1) is 16.3. The topological polar surface area (TPSA) is 80.0 Å². The van der Waals surface area contributed by atoms with Crippen LogP contribution in [0.1, 0.15) is 24.2 Å². The van der Waals surface area contributed by atoms with Crippen LogP contribution in [0.25, 0.3) is 0 Å². The first-order valence-electron chi connectivity index (χ1n) is 6.46. The Morgan fingerprint density at radius 2 is 1.85 bits per heavy atom. The Labute approximate surface area is 118 Å². The van der Waals surface area contributed by atoms with Gasteiger partial charge in [-0.3, -0.25) is 4.79 Å². The first-order valence-corrected chi connectivity index (χ1v) is 6.46. The second-order valence-corrected chi connectivity index (χ2v) is 3.88. The van der Waals surface area contributed by atoms with Crippen molar-refractivity contribution in [1.82, 2.24) is 0 Å². The van der Waals surface area contributed by atoms with Crippen molar-refractivity contribution < 1.29 is 23.7 Å². The van der Waals surface area contributed by atoms with E-state index < -0.39 is 12.2 Å². The Balaban J connectivity index is 2.73. The van der Waals surface area contributed by atoms with E-state index in [4.69, 9.17) is 24.7 Å². The van der Waals surface area contributed by atoms with Gasteiger partial charge >= 0.3 is 0 Å². The highest BCUT2D eigenvalue weighted by Gasteiger charge is 2.13. The van der Waals surface area contributed by atoms with E-state index >= 15 is 0 Å². The molecule has 1 amide bonds. The van der Waals surface area contributed by atoms with Gasteiger partial charge in [-0.2, -0.15) is 0 Å². The molecule has 1 rings (SSSR count). The number of ether oxygens (including phenoxy) is 4. The molecule has 20 heavy (non-hydrogen) atoms. The van der Waals surface area contributed by atoms with Crippen molar-refractivity contribution in [3.8, 4) is 11.5 Å². The number of primary amides is 1. The van der Waals surface area contributed by atoms with E-state index in [1.165, 1.54) is 13.2 Å². The third-order valence-electron chi connectivity index (χ3n) is 2.53. The van der Waals surface area contributed by atoms with Crippen LogP contribution < -0.4 is 15.2 Å². The molecule has 2 N–H and O–H groups in total. The minimum absolute atomic E-state index is 0.230. The summed E-state index contributed by atoms with van der Waals surface area (Å²) in [5.74, 6) is 0.423. The quantitative estimate of drug-likeness (QED) is 0.696. The van der Waals surface area contributed by atoms with E-state index in [-0.39, 0.29) is 6.61 Å². The van der Waals surface area contributed by atoms with Crippen LogP contribution in [0.2, 0.25) is 0 Å². The molecule has 0 radical (unpaired) electrons. The Bertz CT molecular complexity index is 430. The van der Waals surface area contributed by atoms with Crippen LogP contribution in [0.5, 0.6) is 11.5 Å². The number of benzene rings is 1. The number of carbonyl (C=O) groups excluding carboxylic acids is 1. The van der Waals surface area contributed by atoms with Crippen molar-refractivity contribution in [2.24, 2.45) is 5.73 Å². The number of hydrogen-bond acceptors (Lipinski definition) is 5. The second-order valence-electron chi connectivity index (χ2n) is 3.88. The largest absolute Gasteiger partial charge is 0.493 e. The molecule has 6 nitrogen and oxygen atoms in total. The van der Waals surface area contributed by atoms with Gasteiger partial charge in [0.25, 0.3) is 0 Å². The fraction of sp³-hybridized carbons (Fsp3) is 0.500. The van der Waals surface area contributed by atoms with E-state index in [1.807, 2.05) is 13.8 Å². The number of carbonyl (C=O) groups is 1. The molecule has 0 heterocycles. The highest BCUT2D eigenvalue weighted by atomic mass is 16.7. The highest BCUT2D eigenvalue weighted by molar-refractivity contribution is 5.93. The van der Waals surface area contributed by atoms with Gasteiger partial charge in [-0.1, -0.05) is 0 Å². The average Bonchev–Trinajstić information content (AvgIpc) is 2.45. The fourth-order valence-electron chi connectivity index (χ4n) is 1.61. The molecule has 1 aromatic rings. The smallest absolute Gasteiger partial charge is 0.248 e. The number of rotatable bonds is 9. The van der Waals surface area contributed by atoms with Gasteiger partial charge in [0, 0.05) is 18.8 Å². The van der Waals surface area contributed by atoms with E-state index in [2.05, 4.69) is 0 Å². The molecule has 0 saturated carbocycles. The van der Waals surface area contributed by atoms with Gasteiger partial charge < -0.3 is 24.7 Å². The van der Waals surface area contributed by atoms with E-state index in [9.17, 15) is 4.79 Å². The van der Waals surface area contributed by atoms with Crippen LogP contribution in [-0.2, 0) is 9.47 Å². The summed E-state index contributed by atoms with van der Waals surface area (Å²) in [6.07, 6.45) is -0.439. The minimum atomic E-state index is -0.517. The molecule has 0 aliphatic heterocycles. The van der Waals surface area contributed by atoms with Crippen LogP contribution in [0.3, 0.4) is 0 Å². The maximum absolute atomic E-state index is 11.1. The van der Waals surface area contributed by atoms with Crippen molar-refractivity contribution >= 4 is 5.91 Å². The highest BCUT2D eigenvalue weighted by Crippen LogP contribution is 2.28.